The van der Waals surface area contributed by atoms with Gasteiger partial charge in [0, 0.05) is 18.0 Å². The summed E-state index contributed by atoms with van der Waals surface area (Å²) in [6, 6.07) is 7.71. The van der Waals surface area contributed by atoms with Gasteiger partial charge in [-0.25, -0.2) is 9.97 Å². The van der Waals surface area contributed by atoms with Gasteiger partial charge in [0.05, 0.1) is 5.92 Å². The number of esters is 1. The zero-order valence-electron chi connectivity index (χ0n) is 28.2. The van der Waals surface area contributed by atoms with Crippen molar-refractivity contribution in [3.05, 3.63) is 42.2 Å². The Labute approximate surface area is 269 Å². The summed E-state index contributed by atoms with van der Waals surface area (Å²) in [4.78, 5) is 22.2. The molecule has 2 aliphatic carbocycles. The first kappa shape index (κ1) is 34.6. The second-order valence-corrected chi connectivity index (χ2v) is 14.2. The first-order valence-electron chi connectivity index (χ1n) is 18.8. The van der Waals surface area contributed by atoms with Gasteiger partial charge in [0.25, 0.3) is 0 Å². The molecular weight excluding hydrogens is 540 g/mol. The fourth-order valence-electron chi connectivity index (χ4n) is 7.78. The van der Waals surface area contributed by atoms with Crippen molar-refractivity contribution in [3.8, 4) is 17.1 Å². The summed E-state index contributed by atoms with van der Waals surface area (Å²) in [6.07, 6.45) is 34.1. The minimum atomic E-state index is -0.0524. The topological polar surface area (TPSA) is 52.1 Å². The summed E-state index contributed by atoms with van der Waals surface area (Å²) in [5, 5.41) is 0. The molecule has 0 saturated heterocycles. The molecule has 244 valence electrons. The molecule has 0 unspecified atom stereocenters. The molecular formula is C40H62N2O2. The van der Waals surface area contributed by atoms with E-state index in [0.717, 1.165) is 48.4 Å². The van der Waals surface area contributed by atoms with Crippen LogP contribution in [-0.4, -0.2) is 15.9 Å². The Morgan fingerprint density at radius 3 is 1.77 bits per heavy atom. The summed E-state index contributed by atoms with van der Waals surface area (Å²) in [5.41, 5.74) is 2.17. The van der Waals surface area contributed by atoms with Gasteiger partial charge in [0.1, 0.15) is 5.75 Å². The molecule has 0 atom stereocenters. The van der Waals surface area contributed by atoms with Gasteiger partial charge in [-0.2, -0.15) is 0 Å². The van der Waals surface area contributed by atoms with E-state index in [0.29, 0.717) is 5.75 Å². The summed E-state index contributed by atoms with van der Waals surface area (Å²) >= 11 is 0. The summed E-state index contributed by atoms with van der Waals surface area (Å²) in [6.45, 7) is 4.58. The number of hydrogen-bond acceptors (Lipinski definition) is 4. The first-order valence-corrected chi connectivity index (χ1v) is 18.8. The molecule has 2 saturated carbocycles. The molecule has 1 aromatic heterocycles. The molecule has 1 aromatic carbocycles. The van der Waals surface area contributed by atoms with Crippen LogP contribution < -0.4 is 4.74 Å². The molecule has 2 fully saturated rings. The van der Waals surface area contributed by atoms with E-state index in [2.05, 4.69) is 23.8 Å². The number of carbonyl (C=O) groups excluding carboxylic acids is 1. The number of hydrogen-bond donors (Lipinski definition) is 0. The lowest BCUT2D eigenvalue weighted by atomic mass is 9.68. The van der Waals surface area contributed by atoms with Crippen LogP contribution >= 0.6 is 0 Å². The van der Waals surface area contributed by atoms with Gasteiger partial charge < -0.3 is 4.74 Å². The van der Waals surface area contributed by atoms with E-state index >= 15 is 0 Å². The van der Waals surface area contributed by atoms with Crippen molar-refractivity contribution in [2.45, 2.75) is 162 Å². The lowest BCUT2D eigenvalue weighted by Gasteiger charge is -2.37. The maximum atomic E-state index is 13.0. The number of aryl methyl sites for hydroxylation is 1. The minimum absolute atomic E-state index is 0.0442. The van der Waals surface area contributed by atoms with Crippen LogP contribution in [0.5, 0.6) is 5.75 Å². The highest BCUT2D eigenvalue weighted by atomic mass is 16.5. The molecule has 0 spiro atoms. The normalized spacial score (nSPS) is 22.1. The Morgan fingerprint density at radius 2 is 1.18 bits per heavy atom. The molecule has 0 amide bonds. The van der Waals surface area contributed by atoms with Gasteiger partial charge in [0.15, 0.2) is 5.82 Å². The van der Waals surface area contributed by atoms with Gasteiger partial charge in [-0.1, -0.05) is 110 Å². The molecule has 44 heavy (non-hydrogen) atoms. The van der Waals surface area contributed by atoms with E-state index in [1.165, 1.54) is 134 Å². The molecule has 1 heterocycles. The quantitative estimate of drug-likeness (QED) is 0.0911. The van der Waals surface area contributed by atoms with E-state index in [9.17, 15) is 4.79 Å². The molecule has 4 rings (SSSR count). The largest absolute Gasteiger partial charge is 0.426 e. The van der Waals surface area contributed by atoms with Crippen molar-refractivity contribution in [3.63, 3.8) is 0 Å². The highest BCUT2D eigenvalue weighted by molar-refractivity contribution is 5.75. The number of unbranched alkanes of at least 4 members (excludes halogenated alkanes) is 11. The van der Waals surface area contributed by atoms with Crippen molar-refractivity contribution in [2.24, 2.45) is 23.7 Å². The monoisotopic (exact) mass is 602 g/mol. The Bertz CT molecular complexity index is 1030. The first-order chi connectivity index (χ1) is 21.7. The summed E-state index contributed by atoms with van der Waals surface area (Å²) in [5.74, 6) is 4.02. The predicted octanol–water partition coefficient (Wildman–Crippen LogP) is 11.7. The lowest BCUT2D eigenvalue weighted by molar-refractivity contribution is -0.140. The highest BCUT2D eigenvalue weighted by Gasteiger charge is 2.33. The van der Waals surface area contributed by atoms with E-state index in [4.69, 9.17) is 4.74 Å². The van der Waals surface area contributed by atoms with Crippen molar-refractivity contribution < 1.29 is 9.53 Å². The fourth-order valence-corrected chi connectivity index (χ4v) is 7.78. The van der Waals surface area contributed by atoms with Crippen molar-refractivity contribution in [2.75, 3.05) is 0 Å². The van der Waals surface area contributed by atoms with E-state index in [-0.39, 0.29) is 11.9 Å². The zero-order valence-corrected chi connectivity index (χ0v) is 28.2. The predicted molar refractivity (Wildman–Crippen MR) is 184 cm³/mol. The SMILES string of the molecule is CCCCCCCCCCCCc1cnc(-c2ccc(OC(=O)[C@H]3CC[C@H]([C@H]4CC[C@H](CCCCC)CC4)CC3)cc2)nc1. The third kappa shape index (κ3) is 11.9. The van der Waals surface area contributed by atoms with Crippen molar-refractivity contribution >= 4 is 5.97 Å². The van der Waals surface area contributed by atoms with E-state index in [1.54, 1.807) is 0 Å². The summed E-state index contributed by atoms with van der Waals surface area (Å²) in [7, 11) is 0. The average molecular weight is 603 g/mol. The molecule has 0 radical (unpaired) electrons. The second-order valence-electron chi connectivity index (χ2n) is 14.2. The maximum Gasteiger partial charge on any atom is 0.314 e. The lowest BCUT2D eigenvalue weighted by Crippen LogP contribution is -2.30. The maximum absolute atomic E-state index is 13.0. The van der Waals surface area contributed by atoms with Crippen LogP contribution in [0, 0.1) is 23.7 Å². The molecule has 0 bridgehead atoms. The standard InChI is InChI=1S/C40H62N2O2/c1-3-5-7-8-9-10-11-12-13-15-17-33-30-41-39(42-31-33)36-26-28-38(29-27-36)44-40(43)37-24-22-35(23-25-37)34-20-18-32(19-21-34)16-14-6-4-2/h26-32,34-35,37H,3-25H2,1-2H3/t32-,34-,35-,37-. The third-order valence-electron chi connectivity index (χ3n) is 10.7. The Morgan fingerprint density at radius 1 is 0.659 bits per heavy atom. The molecule has 0 aliphatic heterocycles. The molecule has 2 aromatic rings. The number of aromatic nitrogens is 2. The third-order valence-corrected chi connectivity index (χ3v) is 10.7. The number of benzene rings is 1. The van der Waals surface area contributed by atoms with Gasteiger partial charge in [-0.05, 0) is 98.9 Å². The molecule has 2 aliphatic rings. The van der Waals surface area contributed by atoms with E-state index < -0.39 is 0 Å². The second kappa shape index (κ2) is 20.0. The van der Waals surface area contributed by atoms with E-state index in [1.807, 2.05) is 36.7 Å². The van der Waals surface area contributed by atoms with Crippen LogP contribution in [0.3, 0.4) is 0 Å². The molecule has 4 heteroatoms. The number of nitrogens with zero attached hydrogens (tertiary/aromatic N) is 2. The Balaban J connectivity index is 1.10. The van der Waals surface area contributed by atoms with Crippen LogP contribution in [0.1, 0.15) is 161 Å². The van der Waals surface area contributed by atoms with Crippen molar-refractivity contribution in [1.82, 2.24) is 9.97 Å². The van der Waals surface area contributed by atoms with Crippen LogP contribution in [0.2, 0.25) is 0 Å². The Hall–Kier alpha value is -2.23. The zero-order chi connectivity index (χ0) is 30.8. The van der Waals surface area contributed by atoms with Gasteiger partial charge >= 0.3 is 5.97 Å². The van der Waals surface area contributed by atoms with Crippen LogP contribution in [0.15, 0.2) is 36.7 Å². The van der Waals surface area contributed by atoms with Gasteiger partial charge in [-0.15, -0.1) is 0 Å². The summed E-state index contributed by atoms with van der Waals surface area (Å²) < 4.78 is 5.83. The average Bonchev–Trinajstić information content (AvgIpc) is 3.07. The van der Waals surface area contributed by atoms with Crippen LogP contribution in [0.25, 0.3) is 11.4 Å². The van der Waals surface area contributed by atoms with Gasteiger partial charge in [0.2, 0.25) is 0 Å². The smallest absolute Gasteiger partial charge is 0.314 e. The van der Waals surface area contributed by atoms with Crippen LogP contribution in [0.4, 0.5) is 0 Å². The number of rotatable bonds is 19. The number of carbonyl (C=O) groups is 1. The Kier molecular flexibility index (Phi) is 15.8. The highest BCUT2D eigenvalue weighted by Crippen LogP contribution is 2.42. The fraction of sp³-hybridized carbons (Fsp3) is 0.725. The van der Waals surface area contributed by atoms with Crippen molar-refractivity contribution in [1.29, 1.82) is 0 Å². The molecule has 0 N–H and O–H groups in total. The number of ether oxygens (including phenoxy) is 1. The van der Waals surface area contributed by atoms with Gasteiger partial charge in [-0.3, -0.25) is 4.79 Å². The minimum Gasteiger partial charge on any atom is -0.426 e. The molecule has 4 nitrogen and oxygen atoms in total. The van der Waals surface area contributed by atoms with Crippen LogP contribution in [-0.2, 0) is 11.2 Å².